The fourth-order valence-corrected chi connectivity index (χ4v) is 6.24. The van der Waals surface area contributed by atoms with Crippen molar-refractivity contribution in [2.24, 2.45) is 0 Å². The van der Waals surface area contributed by atoms with Gasteiger partial charge in [-0.15, -0.1) is 0 Å². The highest BCUT2D eigenvalue weighted by atomic mass is 32.2. The molecule has 0 radical (unpaired) electrons. The fourth-order valence-electron chi connectivity index (χ4n) is 1.89. The summed E-state index contributed by atoms with van der Waals surface area (Å²) in [5.74, 6) is 10.6. The predicted molar refractivity (Wildman–Crippen MR) is 101 cm³/mol. The third-order valence-electron chi connectivity index (χ3n) is 3.08. The Labute approximate surface area is 137 Å². The van der Waals surface area contributed by atoms with E-state index in [2.05, 4.69) is 72.7 Å². The normalized spacial score (nSPS) is 23.5. The van der Waals surface area contributed by atoms with Crippen molar-refractivity contribution in [2.75, 3.05) is 59.1 Å². The van der Waals surface area contributed by atoms with Gasteiger partial charge in [-0.3, -0.25) is 4.90 Å². The van der Waals surface area contributed by atoms with Crippen LogP contribution in [0.3, 0.4) is 0 Å². The smallest absolute Gasteiger partial charge is 0.0125 e. The van der Waals surface area contributed by atoms with Crippen LogP contribution in [0.25, 0.3) is 0 Å². The maximum absolute atomic E-state index is 2.66. The minimum Gasteiger partial charge on any atom is -0.297 e. The van der Waals surface area contributed by atoms with E-state index >= 15 is 0 Å². The number of rotatable bonds is 0. The predicted octanol–water partition coefficient (Wildman–Crippen LogP) is 4.03. The minimum absolute atomic E-state index is 0.318. The Bertz CT molecular complexity index is 202. The molecule has 0 amide bonds. The van der Waals surface area contributed by atoms with E-state index in [1.807, 2.05) is 0 Å². The zero-order chi connectivity index (χ0) is 14.0. The summed E-state index contributed by atoms with van der Waals surface area (Å²) in [5, 5.41) is 0. The average molecular weight is 340 g/mol. The largest absolute Gasteiger partial charge is 0.297 e. The van der Waals surface area contributed by atoms with Gasteiger partial charge in [-0.25, -0.2) is 0 Å². The van der Waals surface area contributed by atoms with Crippen molar-refractivity contribution in [3.05, 3.63) is 0 Å². The molecule has 1 rings (SSSR count). The lowest BCUT2D eigenvalue weighted by Gasteiger charge is -2.35. The van der Waals surface area contributed by atoms with Crippen LogP contribution in [0.4, 0.5) is 0 Å². The van der Waals surface area contributed by atoms with Crippen molar-refractivity contribution in [3.8, 4) is 0 Å². The van der Waals surface area contributed by atoms with Crippen LogP contribution >= 0.6 is 47.0 Å². The maximum atomic E-state index is 2.66. The lowest BCUT2D eigenvalue weighted by molar-refractivity contribution is 0.157. The molecule has 0 saturated carbocycles. The highest BCUT2D eigenvalue weighted by Crippen LogP contribution is 2.18. The molecular formula is C14H29NS4. The molecule has 1 heterocycles. The van der Waals surface area contributed by atoms with E-state index in [1.54, 1.807) is 0 Å². The van der Waals surface area contributed by atoms with Gasteiger partial charge in [-0.1, -0.05) is 0 Å². The van der Waals surface area contributed by atoms with E-state index in [9.17, 15) is 0 Å². The number of hydrogen-bond donors (Lipinski definition) is 0. The van der Waals surface area contributed by atoms with Crippen LogP contribution in [0, 0.1) is 0 Å². The summed E-state index contributed by atoms with van der Waals surface area (Å²) in [6.07, 6.45) is 0. The van der Waals surface area contributed by atoms with Gasteiger partial charge in [0, 0.05) is 64.7 Å². The first kappa shape index (κ1) is 18.4. The molecule has 0 spiro atoms. The van der Waals surface area contributed by atoms with Gasteiger partial charge in [0.05, 0.1) is 0 Å². The molecule has 1 aliphatic heterocycles. The summed E-state index contributed by atoms with van der Waals surface area (Å²) in [4.78, 5) is 2.66. The van der Waals surface area contributed by atoms with E-state index in [0.29, 0.717) is 5.54 Å². The van der Waals surface area contributed by atoms with E-state index in [-0.39, 0.29) is 0 Å². The lowest BCUT2D eigenvalue weighted by atomic mass is 10.1. The summed E-state index contributed by atoms with van der Waals surface area (Å²) < 4.78 is 0. The molecule has 0 atom stereocenters. The van der Waals surface area contributed by atoms with Gasteiger partial charge in [-0.2, -0.15) is 47.0 Å². The first-order valence-corrected chi connectivity index (χ1v) is 11.8. The molecule has 1 fully saturated rings. The molecule has 0 aromatic rings. The van der Waals surface area contributed by atoms with Crippen LogP contribution in [0.15, 0.2) is 0 Å². The first-order valence-electron chi connectivity index (χ1n) is 7.17. The third-order valence-corrected chi connectivity index (χ3v) is 7.75. The van der Waals surface area contributed by atoms with Crippen molar-refractivity contribution in [2.45, 2.75) is 26.3 Å². The van der Waals surface area contributed by atoms with Crippen LogP contribution in [0.5, 0.6) is 0 Å². The molecule has 0 aromatic heterocycles. The molecule has 0 unspecified atom stereocenters. The quantitative estimate of drug-likeness (QED) is 0.653. The van der Waals surface area contributed by atoms with E-state index < -0.39 is 0 Å². The Hall–Kier alpha value is 1.36. The van der Waals surface area contributed by atoms with Gasteiger partial charge in [0.25, 0.3) is 0 Å². The Kier molecular flexibility index (Phi) is 10.7. The summed E-state index contributed by atoms with van der Waals surface area (Å²) >= 11 is 8.52. The number of hydrogen-bond acceptors (Lipinski definition) is 5. The molecule has 1 nitrogen and oxygen atoms in total. The number of thioether (sulfide) groups is 4. The average Bonchev–Trinajstić information content (AvgIpc) is 2.35. The van der Waals surface area contributed by atoms with Crippen molar-refractivity contribution >= 4 is 47.0 Å². The van der Waals surface area contributed by atoms with Crippen molar-refractivity contribution in [1.82, 2.24) is 4.90 Å². The summed E-state index contributed by atoms with van der Waals surface area (Å²) in [5.41, 5.74) is 0.318. The summed E-state index contributed by atoms with van der Waals surface area (Å²) in [6, 6.07) is 0. The second-order valence-electron chi connectivity index (χ2n) is 5.61. The Morgan fingerprint density at radius 3 is 1.21 bits per heavy atom. The topological polar surface area (TPSA) is 3.24 Å². The lowest BCUT2D eigenvalue weighted by Crippen LogP contribution is -2.44. The van der Waals surface area contributed by atoms with E-state index in [1.165, 1.54) is 59.1 Å². The van der Waals surface area contributed by atoms with Crippen LogP contribution in [-0.2, 0) is 0 Å². The molecule has 19 heavy (non-hydrogen) atoms. The van der Waals surface area contributed by atoms with Crippen LogP contribution < -0.4 is 0 Å². The highest BCUT2D eigenvalue weighted by Gasteiger charge is 2.20. The molecule has 1 saturated heterocycles. The monoisotopic (exact) mass is 339 g/mol. The highest BCUT2D eigenvalue weighted by molar-refractivity contribution is 8.05. The summed E-state index contributed by atoms with van der Waals surface area (Å²) in [6.45, 7) is 9.54. The molecule has 1 aliphatic rings. The van der Waals surface area contributed by atoms with Gasteiger partial charge < -0.3 is 0 Å². The van der Waals surface area contributed by atoms with Crippen molar-refractivity contribution in [1.29, 1.82) is 0 Å². The fraction of sp³-hybridized carbons (Fsp3) is 1.00. The van der Waals surface area contributed by atoms with Crippen molar-refractivity contribution < 1.29 is 0 Å². The standard InChI is InChI=1S/C14H29NS4/c1-14(2,3)15-4-6-16-8-10-18-12-13-19-11-9-17-7-5-15/h4-13H2,1-3H3. The first-order chi connectivity index (χ1) is 9.11. The number of nitrogens with zero attached hydrogens (tertiary/aromatic N) is 1. The van der Waals surface area contributed by atoms with E-state index in [4.69, 9.17) is 0 Å². The third kappa shape index (κ3) is 9.83. The molecule has 114 valence electrons. The molecule has 0 bridgehead atoms. The maximum Gasteiger partial charge on any atom is 0.0125 e. The Morgan fingerprint density at radius 1 is 0.579 bits per heavy atom. The SMILES string of the molecule is CC(C)(C)N1CCSCCSCCSCCSCC1. The summed E-state index contributed by atoms with van der Waals surface area (Å²) in [7, 11) is 0. The van der Waals surface area contributed by atoms with Gasteiger partial charge in [0.1, 0.15) is 0 Å². The second kappa shape index (κ2) is 11.0. The Morgan fingerprint density at radius 2 is 0.895 bits per heavy atom. The van der Waals surface area contributed by atoms with Gasteiger partial charge in [0.2, 0.25) is 0 Å². The van der Waals surface area contributed by atoms with Gasteiger partial charge >= 0.3 is 0 Å². The van der Waals surface area contributed by atoms with Gasteiger partial charge in [-0.05, 0) is 20.8 Å². The minimum atomic E-state index is 0.318. The van der Waals surface area contributed by atoms with Crippen LogP contribution in [-0.4, -0.2) is 69.6 Å². The van der Waals surface area contributed by atoms with E-state index in [0.717, 1.165) is 0 Å². The van der Waals surface area contributed by atoms with Crippen LogP contribution in [0.2, 0.25) is 0 Å². The second-order valence-corrected chi connectivity index (χ2v) is 10.5. The van der Waals surface area contributed by atoms with Crippen LogP contribution in [0.1, 0.15) is 20.8 Å². The molecule has 0 N–H and O–H groups in total. The van der Waals surface area contributed by atoms with Crippen molar-refractivity contribution in [3.63, 3.8) is 0 Å². The Balaban J connectivity index is 2.34. The molecule has 5 heteroatoms. The molecule has 0 aliphatic carbocycles. The molecule has 0 aromatic carbocycles. The molecular weight excluding hydrogens is 310 g/mol. The van der Waals surface area contributed by atoms with Gasteiger partial charge in [0.15, 0.2) is 0 Å². The zero-order valence-corrected chi connectivity index (χ0v) is 15.9. The zero-order valence-electron chi connectivity index (χ0n) is 12.7.